The molecule has 0 radical (unpaired) electrons. The highest BCUT2D eigenvalue weighted by molar-refractivity contribution is 6.03. The quantitative estimate of drug-likeness (QED) is 0.153. The Morgan fingerprint density at radius 2 is 1.57 bits per heavy atom. The zero-order valence-corrected chi connectivity index (χ0v) is 24.8. The number of nitrogens with zero attached hydrogens (tertiary/aromatic N) is 1. The van der Waals surface area contributed by atoms with E-state index in [4.69, 9.17) is 4.74 Å². The third-order valence-corrected chi connectivity index (χ3v) is 9.05. The second-order valence-corrected chi connectivity index (χ2v) is 11.9. The molecule has 10 heteroatoms. The maximum Gasteiger partial charge on any atom is 0.233 e. The van der Waals surface area contributed by atoms with Gasteiger partial charge >= 0.3 is 0 Å². The van der Waals surface area contributed by atoms with Crippen LogP contribution in [-0.4, -0.2) is 67.6 Å². The molecule has 2 fully saturated rings. The summed E-state index contributed by atoms with van der Waals surface area (Å²) in [5.41, 5.74) is 3.24. The fourth-order valence-electron chi connectivity index (χ4n) is 6.61. The van der Waals surface area contributed by atoms with Crippen LogP contribution >= 0.6 is 0 Å². The van der Waals surface area contributed by atoms with E-state index >= 15 is 0 Å². The van der Waals surface area contributed by atoms with Crippen LogP contribution in [0.3, 0.4) is 0 Å². The zero-order chi connectivity index (χ0) is 32.5. The number of carbonyl (C=O) groups is 1. The molecule has 1 amide bonds. The summed E-state index contributed by atoms with van der Waals surface area (Å²) in [7, 11) is 0. The van der Waals surface area contributed by atoms with Crippen LogP contribution in [0.15, 0.2) is 97.1 Å². The van der Waals surface area contributed by atoms with Crippen molar-refractivity contribution >= 4 is 11.6 Å². The fraction of sp³-hybridized carbons (Fsp3) is 0.306. The number of amides is 1. The highest BCUT2D eigenvalue weighted by Crippen LogP contribution is 2.49. The minimum atomic E-state index is -1.55. The highest BCUT2D eigenvalue weighted by Gasteiger charge is 2.49. The molecule has 4 aromatic carbocycles. The van der Waals surface area contributed by atoms with Crippen LogP contribution in [0.4, 0.5) is 10.1 Å². The molecule has 0 aliphatic carbocycles. The Bertz CT molecular complexity index is 1680. The summed E-state index contributed by atoms with van der Waals surface area (Å²) >= 11 is 0. The third-order valence-electron chi connectivity index (χ3n) is 9.05. The number of carbonyl (C=O) groups excluding carboxylic acids is 1. The Hall–Kier alpha value is -4.16. The molecule has 9 nitrogen and oxygen atoms in total. The van der Waals surface area contributed by atoms with E-state index in [1.54, 1.807) is 53.4 Å². The van der Waals surface area contributed by atoms with Crippen molar-refractivity contribution in [3.05, 3.63) is 120 Å². The van der Waals surface area contributed by atoms with Crippen LogP contribution in [0.5, 0.6) is 5.75 Å². The average Bonchev–Trinajstić information content (AvgIpc) is 3.07. The van der Waals surface area contributed by atoms with Gasteiger partial charge in [0.1, 0.15) is 42.1 Å². The lowest BCUT2D eigenvalue weighted by atomic mass is 9.77. The Kier molecular flexibility index (Phi) is 9.19. The second kappa shape index (κ2) is 13.3. The van der Waals surface area contributed by atoms with Gasteiger partial charge in [-0.1, -0.05) is 66.7 Å². The van der Waals surface area contributed by atoms with E-state index < -0.39 is 61.0 Å². The van der Waals surface area contributed by atoms with E-state index in [9.17, 15) is 39.8 Å². The number of anilines is 1. The number of rotatable bonds is 9. The summed E-state index contributed by atoms with van der Waals surface area (Å²) in [6, 6.07) is 26.3. The van der Waals surface area contributed by atoms with E-state index in [1.165, 1.54) is 18.2 Å². The number of phenolic OH excluding ortho intramolecular Hbond substituents is 1. The van der Waals surface area contributed by atoms with Crippen LogP contribution in [0.2, 0.25) is 0 Å². The molecular weight excluding hydrogens is 593 g/mol. The summed E-state index contributed by atoms with van der Waals surface area (Å²) in [5.74, 6) is -1.24. The van der Waals surface area contributed by atoms with Crippen molar-refractivity contribution in [3.8, 4) is 16.9 Å². The zero-order valence-electron chi connectivity index (χ0n) is 24.8. The summed E-state index contributed by atoms with van der Waals surface area (Å²) in [4.78, 5) is 15.1. The van der Waals surface area contributed by atoms with Crippen LogP contribution in [0.25, 0.3) is 11.1 Å². The Morgan fingerprint density at radius 3 is 2.28 bits per heavy atom. The van der Waals surface area contributed by atoms with E-state index in [0.717, 1.165) is 0 Å². The van der Waals surface area contributed by atoms with E-state index in [0.29, 0.717) is 39.9 Å². The first-order valence-corrected chi connectivity index (χ1v) is 15.2. The molecule has 240 valence electrons. The van der Waals surface area contributed by atoms with Gasteiger partial charge in [0.2, 0.25) is 5.91 Å². The molecule has 2 saturated heterocycles. The first kappa shape index (κ1) is 31.8. The lowest BCUT2D eigenvalue weighted by molar-refractivity contribution is -0.231. The maximum atomic E-state index is 13.8. The predicted octanol–water partition coefficient (Wildman–Crippen LogP) is 3.93. The molecule has 2 aliphatic rings. The third kappa shape index (κ3) is 5.91. The lowest BCUT2D eigenvalue weighted by Crippen LogP contribution is -2.55. The van der Waals surface area contributed by atoms with Crippen molar-refractivity contribution in [3.63, 3.8) is 0 Å². The number of aliphatic hydroxyl groups is 5. The maximum absolute atomic E-state index is 13.8. The van der Waals surface area contributed by atoms with Gasteiger partial charge in [-0.2, -0.15) is 0 Å². The molecule has 46 heavy (non-hydrogen) atoms. The van der Waals surface area contributed by atoms with Gasteiger partial charge < -0.3 is 40.3 Å². The van der Waals surface area contributed by atoms with E-state index in [1.807, 2.05) is 30.3 Å². The minimum absolute atomic E-state index is 0.0739. The molecule has 2 heterocycles. The van der Waals surface area contributed by atoms with E-state index in [2.05, 4.69) is 0 Å². The number of β-lactam (4-membered cyclic amide) rings is 1. The number of halogens is 1. The van der Waals surface area contributed by atoms with E-state index in [-0.39, 0.29) is 18.1 Å². The summed E-state index contributed by atoms with van der Waals surface area (Å²) in [6.07, 6.45) is -7.12. The molecule has 6 rings (SSSR count). The lowest BCUT2D eigenvalue weighted by Gasteiger charge is -2.48. The first-order valence-electron chi connectivity index (χ1n) is 15.2. The van der Waals surface area contributed by atoms with Gasteiger partial charge in [-0.15, -0.1) is 0 Å². The van der Waals surface area contributed by atoms with Crippen molar-refractivity contribution in [2.45, 2.75) is 55.5 Å². The molecule has 0 aromatic heterocycles. The van der Waals surface area contributed by atoms with Crippen LogP contribution < -0.4 is 4.90 Å². The highest BCUT2D eigenvalue weighted by atomic mass is 19.1. The van der Waals surface area contributed by atoms with Crippen LogP contribution in [-0.2, 0) is 9.53 Å². The summed E-state index contributed by atoms with van der Waals surface area (Å²) < 4.78 is 19.6. The Morgan fingerprint density at radius 1 is 0.826 bits per heavy atom. The van der Waals surface area contributed by atoms with Gasteiger partial charge in [-0.25, -0.2) is 4.39 Å². The van der Waals surface area contributed by atoms with Gasteiger partial charge in [0.25, 0.3) is 0 Å². The van der Waals surface area contributed by atoms with Crippen molar-refractivity contribution in [1.29, 1.82) is 0 Å². The molecule has 6 N–H and O–H groups in total. The SMILES string of the molecule is O=C1[C@H](CC[C@H](O)c2cccc(F)c2)[C@@H](c2ccc(-c3ccccc3[C@@H]3O[C@H](CO)[C@@H](O)[C@H](O)[C@H]3O)cc2O)N1c1ccccc1. The second-order valence-electron chi connectivity index (χ2n) is 11.9. The summed E-state index contributed by atoms with van der Waals surface area (Å²) in [5, 5.41) is 63.3. The van der Waals surface area contributed by atoms with Gasteiger partial charge in [0.05, 0.1) is 24.7 Å². The standard InChI is InChI=1S/C36H36FNO8/c37-22-8-6-7-21(17-22)28(40)16-15-27-31(38(36(27)45)23-9-2-1-3-10-23)26-14-13-20(18-29(26)41)24-11-4-5-12-25(24)35-34(44)33(43)32(42)30(19-39)46-35/h1-14,17-18,27-28,30-35,39-44H,15-16,19H2/t27-,28+,30-,31-,32-,33+,34-,35+/m1/s1. The number of aliphatic hydroxyl groups excluding tert-OH is 5. The fourth-order valence-corrected chi connectivity index (χ4v) is 6.61. The van der Waals surface area contributed by atoms with Crippen molar-refractivity contribution in [1.82, 2.24) is 0 Å². The van der Waals surface area contributed by atoms with Crippen molar-refractivity contribution in [2.75, 3.05) is 11.5 Å². The van der Waals surface area contributed by atoms with Gasteiger partial charge in [-0.05, 0) is 65.4 Å². The minimum Gasteiger partial charge on any atom is -0.508 e. The van der Waals surface area contributed by atoms with Crippen molar-refractivity contribution < 1.29 is 44.6 Å². The van der Waals surface area contributed by atoms with Crippen LogP contribution in [0, 0.1) is 11.7 Å². The molecule has 4 aromatic rings. The number of ether oxygens (including phenoxy) is 1. The van der Waals surface area contributed by atoms with Gasteiger partial charge in [0.15, 0.2) is 0 Å². The molecule has 0 spiro atoms. The normalized spacial score (nSPS) is 26.9. The van der Waals surface area contributed by atoms with Gasteiger partial charge in [-0.3, -0.25) is 4.79 Å². The monoisotopic (exact) mass is 629 g/mol. The molecule has 0 saturated carbocycles. The van der Waals surface area contributed by atoms with Crippen molar-refractivity contribution in [2.24, 2.45) is 5.92 Å². The largest absolute Gasteiger partial charge is 0.508 e. The Labute approximate surface area is 265 Å². The molecule has 8 atom stereocenters. The number of hydrogen-bond acceptors (Lipinski definition) is 8. The molecule has 0 unspecified atom stereocenters. The number of para-hydroxylation sites is 1. The van der Waals surface area contributed by atoms with Gasteiger partial charge in [0, 0.05) is 11.3 Å². The van der Waals surface area contributed by atoms with Crippen LogP contribution in [0.1, 0.15) is 47.8 Å². The predicted molar refractivity (Wildman–Crippen MR) is 167 cm³/mol. The molecular formula is C36H36FNO8. The topological polar surface area (TPSA) is 151 Å². The molecule has 0 bridgehead atoms. The first-order chi connectivity index (χ1) is 22.2. The number of aromatic hydroxyl groups is 1. The number of phenols is 1. The average molecular weight is 630 g/mol. The molecule has 2 aliphatic heterocycles. The summed E-state index contributed by atoms with van der Waals surface area (Å²) in [6.45, 7) is -0.558. The Balaban J connectivity index is 1.31. The smallest absolute Gasteiger partial charge is 0.233 e. The number of benzene rings is 4. The number of hydrogen-bond donors (Lipinski definition) is 6.